The molecule has 1 rings (SSSR count). The molecule has 0 aliphatic rings. The monoisotopic (exact) mass is 330 g/mol. The fourth-order valence-electron chi connectivity index (χ4n) is 1.78. The summed E-state index contributed by atoms with van der Waals surface area (Å²) in [5.41, 5.74) is 0.220. The zero-order valence-corrected chi connectivity index (χ0v) is 13.6. The third kappa shape index (κ3) is 4.97. The lowest BCUT2D eigenvalue weighted by molar-refractivity contribution is 0.0951. The molecule has 8 heteroatoms. The summed E-state index contributed by atoms with van der Waals surface area (Å²) in [4.78, 5) is 11.9. The minimum Gasteiger partial charge on any atom is -0.492 e. The summed E-state index contributed by atoms with van der Waals surface area (Å²) in [5.74, 6) is -0.195. The molecular formula is C14H22N2O5S. The van der Waals surface area contributed by atoms with Crippen molar-refractivity contribution in [3.05, 3.63) is 23.8 Å². The Morgan fingerprint density at radius 3 is 2.64 bits per heavy atom. The van der Waals surface area contributed by atoms with Crippen molar-refractivity contribution in [1.29, 1.82) is 0 Å². The number of amides is 1. The van der Waals surface area contributed by atoms with Crippen LogP contribution in [0.3, 0.4) is 0 Å². The number of carbonyl (C=O) groups is 1. The molecule has 0 aliphatic heterocycles. The molecule has 1 aromatic rings. The van der Waals surface area contributed by atoms with Gasteiger partial charge in [-0.1, -0.05) is 6.92 Å². The minimum absolute atomic E-state index is 0.0242. The van der Waals surface area contributed by atoms with E-state index < -0.39 is 15.9 Å². The summed E-state index contributed by atoms with van der Waals surface area (Å²) in [6.45, 7) is 4.27. The first-order valence-corrected chi connectivity index (χ1v) is 8.60. The number of ether oxygens (including phenoxy) is 1. The van der Waals surface area contributed by atoms with Crippen molar-refractivity contribution in [3.8, 4) is 5.75 Å². The lowest BCUT2D eigenvalue weighted by Gasteiger charge is -2.13. The molecule has 22 heavy (non-hydrogen) atoms. The highest BCUT2D eigenvalue weighted by Gasteiger charge is 2.21. The first kappa shape index (κ1) is 18.4. The van der Waals surface area contributed by atoms with E-state index in [-0.39, 0.29) is 29.4 Å². The summed E-state index contributed by atoms with van der Waals surface area (Å²) in [6.07, 6.45) is 0.436. The Morgan fingerprint density at radius 2 is 2.05 bits per heavy atom. The van der Waals surface area contributed by atoms with Gasteiger partial charge < -0.3 is 15.2 Å². The molecule has 0 aliphatic carbocycles. The van der Waals surface area contributed by atoms with Crippen molar-refractivity contribution in [2.75, 3.05) is 26.3 Å². The van der Waals surface area contributed by atoms with Crippen molar-refractivity contribution < 1.29 is 23.1 Å². The van der Waals surface area contributed by atoms with Gasteiger partial charge in [0.2, 0.25) is 10.0 Å². The maximum atomic E-state index is 12.2. The van der Waals surface area contributed by atoms with Crippen LogP contribution < -0.4 is 14.8 Å². The second kappa shape index (κ2) is 8.72. The van der Waals surface area contributed by atoms with E-state index in [4.69, 9.17) is 9.84 Å². The lowest BCUT2D eigenvalue weighted by Crippen LogP contribution is -2.27. The van der Waals surface area contributed by atoms with Crippen molar-refractivity contribution in [2.45, 2.75) is 25.2 Å². The number of aliphatic hydroxyl groups excluding tert-OH is 1. The molecular weight excluding hydrogens is 308 g/mol. The first-order valence-electron chi connectivity index (χ1n) is 7.11. The molecule has 0 heterocycles. The van der Waals surface area contributed by atoms with Gasteiger partial charge in [-0.25, -0.2) is 13.1 Å². The van der Waals surface area contributed by atoms with Gasteiger partial charge >= 0.3 is 0 Å². The van der Waals surface area contributed by atoms with Crippen molar-refractivity contribution in [1.82, 2.24) is 10.0 Å². The topological polar surface area (TPSA) is 105 Å². The van der Waals surface area contributed by atoms with Crippen LogP contribution in [0.2, 0.25) is 0 Å². The number of sulfonamides is 1. The van der Waals surface area contributed by atoms with Gasteiger partial charge in [0, 0.05) is 25.3 Å². The Hall–Kier alpha value is -1.64. The predicted molar refractivity (Wildman–Crippen MR) is 82.5 cm³/mol. The van der Waals surface area contributed by atoms with Gasteiger partial charge in [0.05, 0.1) is 6.61 Å². The van der Waals surface area contributed by atoms with Gasteiger partial charge in [-0.2, -0.15) is 0 Å². The van der Waals surface area contributed by atoms with Gasteiger partial charge in [-0.3, -0.25) is 4.79 Å². The fraction of sp³-hybridized carbons (Fsp3) is 0.500. The minimum atomic E-state index is -3.74. The zero-order valence-electron chi connectivity index (χ0n) is 12.8. The number of nitrogens with one attached hydrogen (secondary N) is 2. The maximum absolute atomic E-state index is 12.2. The van der Waals surface area contributed by atoms with Crippen molar-refractivity contribution in [2.24, 2.45) is 0 Å². The summed E-state index contributed by atoms with van der Waals surface area (Å²) < 4.78 is 32.1. The third-order valence-electron chi connectivity index (χ3n) is 2.75. The van der Waals surface area contributed by atoms with Gasteiger partial charge in [-0.15, -0.1) is 0 Å². The van der Waals surface area contributed by atoms with Crippen LogP contribution in [0, 0.1) is 0 Å². The molecule has 0 aromatic heterocycles. The molecule has 124 valence electrons. The average Bonchev–Trinajstić information content (AvgIpc) is 2.48. The Labute approximate surface area is 130 Å². The van der Waals surface area contributed by atoms with Crippen LogP contribution in [-0.4, -0.2) is 45.7 Å². The fourth-order valence-corrected chi connectivity index (χ4v) is 2.99. The number of rotatable bonds is 9. The molecule has 0 atom stereocenters. The first-order chi connectivity index (χ1) is 10.5. The Balaban J connectivity index is 3.11. The normalized spacial score (nSPS) is 11.2. The van der Waals surface area contributed by atoms with Crippen LogP contribution in [-0.2, 0) is 10.0 Å². The largest absolute Gasteiger partial charge is 0.492 e. The van der Waals surface area contributed by atoms with Crippen LogP contribution in [0.25, 0.3) is 0 Å². The number of hydrogen-bond acceptors (Lipinski definition) is 5. The van der Waals surface area contributed by atoms with E-state index >= 15 is 0 Å². The van der Waals surface area contributed by atoms with Gasteiger partial charge in [0.1, 0.15) is 10.6 Å². The lowest BCUT2D eigenvalue weighted by atomic mass is 10.2. The van der Waals surface area contributed by atoms with Crippen LogP contribution in [0.5, 0.6) is 5.75 Å². The molecule has 3 N–H and O–H groups in total. The average molecular weight is 330 g/mol. The van der Waals surface area contributed by atoms with Gasteiger partial charge in [0.25, 0.3) is 5.91 Å². The molecule has 0 spiro atoms. The van der Waals surface area contributed by atoms with Crippen molar-refractivity contribution >= 4 is 15.9 Å². The molecule has 0 saturated carbocycles. The van der Waals surface area contributed by atoms with E-state index in [0.717, 1.165) is 0 Å². The Bertz CT molecular complexity index is 601. The van der Waals surface area contributed by atoms with Crippen molar-refractivity contribution in [3.63, 3.8) is 0 Å². The van der Waals surface area contributed by atoms with Crippen LogP contribution in [0.15, 0.2) is 23.1 Å². The summed E-state index contributed by atoms with van der Waals surface area (Å²) >= 11 is 0. The SMILES string of the molecule is CCNS(=O)(=O)c1cc(C(=O)NCCCO)ccc1OCC. The van der Waals surface area contributed by atoms with Crippen LogP contribution >= 0.6 is 0 Å². The number of aliphatic hydroxyl groups is 1. The Kier molecular flexibility index (Phi) is 7.30. The molecule has 7 nitrogen and oxygen atoms in total. The molecule has 1 amide bonds. The zero-order chi connectivity index (χ0) is 16.6. The smallest absolute Gasteiger partial charge is 0.251 e. The number of hydrogen-bond donors (Lipinski definition) is 3. The summed E-state index contributed by atoms with van der Waals surface area (Å²) in [6, 6.07) is 4.26. The van der Waals surface area contributed by atoms with E-state index in [1.807, 2.05) is 0 Å². The quantitative estimate of drug-likeness (QED) is 0.572. The molecule has 0 fully saturated rings. The highest BCUT2D eigenvalue weighted by Crippen LogP contribution is 2.25. The molecule has 0 radical (unpaired) electrons. The number of benzene rings is 1. The van der Waals surface area contributed by atoms with Crippen LogP contribution in [0.4, 0.5) is 0 Å². The molecule has 1 aromatic carbocycles. The third-order valence-corrected chi connectivity index (χ3v) is 4.32. The molecule has 0 unspecified atom stereocenters. The van der Waals surface area contributed by atoms with Gasteiger partial charge in [-0.05, 0) is 31.5 Å². The second-order valence-electron chi connectivity index (χ2n) is 4.43. The maximum Gasteiger partial charge on any atom is 0.251 e. The second-order valence-corrected chi connectivity index (χ2v) is 6.16. The standard InChI is InChI=1S/C14H22N2O5S/c1-3-16-22(19,20)13-10-11(6-7-12(13)21-4-2)14(18)15-8-5-9-17/h6-7,10,16-17H,3-5,8-9H2,1-2H3,(H,15,18). The van der Waals surface area contributed by atoms with E-state index in [2.05, 4.69) is 10.0 Å². The van der Waals surface area contributed by atoms with Crippen LogP contribution in [0.1, 0.15) is 30.6 Å². The summed E-state index contributed by atoms with van der Waals surface area (Å²) in [5, 5.41) is 11.3. The highest BCUT2D eigenvalue weighted by molar-refractivity contribution is 7.89. The molecule has 0 bridgehead atoms. The van der Waals surface area contributed by atoms with E-state index in [1.165, 1.54) is 18.2 Å². The number of carbonyl (C=O) groups excluding carboxylic acids is 1. The molecule has 0 saturated heterocycles. The van der Waals surface area contributed by atoms with E-state index in [1.54, 1.807) is 13.8 Å². The van der Waals surface area contributed by atoms with Gasteiger partial charge in [0.15, 0.2) is 0 Å². The highest BCUT2D eigenvalue weighted by atomic mass is 32.2. The van der Waals surface area contributed by atoms with E-state index in [0.29, 0.717) is 19.6 Å². The van der Waals surface area contributed by atoms with E-state index in [9.17, 15) is 13.2 Å². The summed E-state index contributed by atoms with van der Waals surface area (Å²) in [7, 11) is -3.74. The predicted octanol–water partition coefficient (Wildman–Crippen LogP) is 0.496. The Morgan fingerprint density at radius 1 is 1.32 bits per heavy atom.